The number of ketones is 1. The number of nitrogens with zero attached hydrogens (tertiary/aromatic N) is 1. The van der Waals surface area contributed by atoms with E-state index in [2.05, 4.69) is 6.92 Å². The van der Waals surface area contributed by atoms with Gasteiger partial charge < -0.3 is 9.64 Å². The molecular weight excluding hydrogens is 314 g/mol. The number of benzene rings is 1. The minimum atomic E-state index is -0.0728. The third kappa shape index (κ3) is 3.78. The van der Waals surface area contributed by atoms with Gasteiger partial charge in [-0.3, -0.25) is 9.59 Å². The second-order valence-electron chi connectivity index (χ2n) is 6.91. The first kappa shape index (κ1) is 19.2. The van der Waals surface area contributed by atoms with E-state index in [0.29, 0.717) is 17.9 Å². The number of carbonyl (C=O) groups is 2. The van der Waals surface area contributed by atoms with Gasteiger partial charge in [0.2, 0.25) is 5.91 Å². The monoisotopic (exact) mass is 343 g/mol. The molecule has 1 aliphatic heterocycles. The molecule has 0 saturated heterocycles. The molecule has 4 nitrogen and oxygen atoms in total. The minimum Gasteiger partial charge on any atom is -0.493 e. The highest BCUT2D eigenvalue weighted by Crippen LogP contribution is 2.37. The molecule has 1 heterocycles. The summed E-state index contributed by atoms with van der Waals surface area (Å²) < 4.78 is 5.94. The lowest BCUT2D eigenvalue weighted by molar-refractivity contribution is -0.131. The quantitative estimate of drug-likeness (QED) is 0.755. The Morgan fingerprint density at radius 1 is 1.28 bits per heavy atom. The number of Topliss-reactive ketones (excluding diaryl/α,β-unsaturated/α-hetero) is 1. The fourth-order valence-corrected chi connectivity index (χ4v) is 3.30. The summed E-state index contributed by atoms with van der Waals surface area (Å²) in [4.78, 5) is 26.6. The average Bonchev–Trinajstić information content (AvgIpc) is 2.61. The van der Waals surface area contributed by atoms with E-state index < -0.39 is 0 Å². The van der Waals surface area contributed by atoms with Crippen molar-refractivity contribution < 1.29 is 14.3 Å². The van der Waals surface area contributed by atoms with Gasteiger partial charge >= 0.3 is 0 Å². The van der Waals surface area contributed by atoms with E-state index in [9.17, 15) is 9.59 Å². The van der Waals surface area contributed by atoms with Crippen molar-refractivity contribution in [1.82, 2.24) is 4.90 Å². The molecule has 1 amide bonds. The number of allylic oxidation sites excluding steroid dienone is 2. The Morgan fingerprint density at radius 3 is 2.56 bits per heavy atom. The molecule has 1 aromatic carbocycles. The van der Waals surface area contributed by atoms with E-state index in [4.69, 9.17) is 4.74 Å². The molecule has 0 N–H and O–H groups in total. The van der Waals surface area contributed by atoms with Crippen LogP contribution in [0.3, 0.4) is 0 Å². The fourth-order valence-electron chi connectivity index (χ4n) is 3.30. The predicted molar refractivity (Wildman–Crippen MR) is 100 cm³/mol. The van der Waals surface area contributed by atoms with E-state index in [1.165, 1.54) is 11.1 Å². The lowest BCUT2D eigenvalue weighted by Gasteiger charge is -2.27. The van der Waals surface area contributed by atoms with Crippen molar-refractivity contribution >= 4 is 17.3 Å². The van der Waals surface area contributed by atoms with Gasteiger partial charge in [-0.05, 0) is 51.2 Å². The average molecular weight is 343 g/mol. The summed E-state index contributed by atoms with van der Waals surface area (Å²) in [5.41, 5.74) is 4.40. The van der Waals surface area contributed by atoms with Gasteiger partial charge in [-0.1, -0.05) is 26.0 Å². The van der Waals surface area contributed by atoms with Crippen LogP contribution in [0.25, 0.3) is 5.57 Å². The first-order valence-corrected chi connectivity index (χ1v) is 9.04. The van der Waals surface area contributed by atoms with E-state index >= 15 is 0 Å². The zero-order chi connectivity index (χ0) is 18.7. The second kappa shape index (κ2) is 7.85. The van der Waals surface area contributed by atoms with Crippen LogP contribution >= 0.6 is 0 Å². The van der Waals surface area contributed by atoms with Crippen molar-refractivity contribution in [1.29, 1.82) is 0 Å². The number of hydrogen-bond acceptors (Lipinski definition) is 3. The predicted octanol–water partition coefficient (Wildman–Crippen LogP) is 4.14. The van der Waals surface area contributed by atoms with E-state index in [1.807, 2.05) is 32.9 Å². The van der Waals surface area contributed by atoms with Crippen LogP contribution in [0.4, 0.5) is 0 Å². The molecule has 0 saturated carbocycles. The lowest BCUT2D eigenvalue weighted by Crippen LogP contribution is -2.31. The van der Waals surface area contributed by atoms with Crippen LogP contribution in [0.5, 0.6) is 5.75 Å². The van der Waals surface area contributed by atoms with Crippen molar-refractivity contribution in [2.75, 3.05) is 13.7 Å². The number of carbonyl (C=O) groups excluding carboxylic acids is 2. The van der Waals surface area contributed by atoms with E-state index in [1.54, 1.807) is 18.9 Å². The molecule has 0 aliphatic carbocycles. The second-order valence-corrected chi connectivity index (χ2v) is 6.91. The maximum Gasteiger partial charge on any atom is 0.229 e. The van der Waals surface area contributed by atoms with Gasteiger partial charge in [0.1, 0.15) is 5.75 Å². The summed E-state index contributed by atoms with van der Waals surface area (Å²) in [5, 5.41) is 0. The zero-order valence-corrected chi connectivity index (χ0v) is 16.2. The first-order valence-electron chi connectivity index (χ1n) is 9.04. The third-order valence-electron chi connectivity index (χ3n) is 5.16. The largest absolute Gasteiger partial charge is 0.493 e. The molecule has 2 rings (SSSR count). The maximum atomic E-state index is 12.6. The normalized spacial score (nSPS) is 15.6. The van der Waals surface area contributed by atoms with Crippen molar-refractivity contribution in [2.45, 2.75) is 53.9 Å². The minimum absolute atomic E-state index is 0.0284. The Balaban J connectivity index is 2.59. The van der Waals surface area contributed by atoms with Crippen molar-refractivity contribution in [3.05, 3.63) is 34.5 Å². The molecule has 0 bridgehead atoms. The number of ether oxygens (including phenoxy) is 1. The van der Waals surface area contributed by atoms with Crippen LogP contribution < -0.4 is 4.74 Å². The highest BCUT2D eigenvalue weighted by molar-refractivity contribution is 6.21. The Morgan fingerprint density at radius 2 is 1.96 bits per heavy atom. The third-order valence-corrected chi connectivity index (χ3v) is 5.16. The molecule has 4 heteroatoms. The summed E-state index contributed by atoms with van der Waals surface area (Å²) in [6.45, 7) is 10.0. The van der Waals surface area contributed by atoms with E-state index in [0.717, 1.165) is 30.6 Å². The molecule has 136 valence electrons. The standard InChI is InChI=1S/C21H29NO3/c1-7-13(2)21(24)22(6)15(4)19(16(5)23)18-11-10-14(3)17-9-8-12-25-20(17)18/h10-11,13H,7-9,12H2,1-6H3/b19-15+. The molecule has 1 atom stereocenters. The van der Waals surface area contributed by atoms with Crippen molar-refractivity contribution in [3.63, 3.8) is 0 Å². The number of amides is 1. The zero-order valence-electron chi connectivity index (χ0n) is 16.2. The van der Waals surface area contributed by atoms with Crippen LogP contribution in [0.1, 0.15) is 57.2 Å². The maximum absolute atomic E-state index is 12.6. The summed E-state index contributed by atoms with van der Waals surface area (Å²) in [5.74, 6) is 0.707. The molecular formula is C21H29NO3. The SMILES string of the molecule is CCC(C)C(=O)N(C)/C(C)=C(\C(C)=O)c1ccc(C)c2c1OCCC2. The Hall–Kier alpha value is -2.10. The van der Waals surface area contributed by atoms with Gasteiger partial charge in [0.15, 0.2) is 5.78 Å². The number of aryl methyl sites for hydroxylation is 1. The molecule has 25 heavy (non-hydrogen) atoms. The van der Waals surface area contributed by atoms with Crippen molar-refractivity contribution in [2.24, 2.45) is 5.92 Å². The summed E-state index contributed by atoms with van der Waals surface area (Å²) in [6.07, 6.45) is 2.72. The van der Waals surface area contributed by atoms with Gasteiger partial charge in [-0.2, -0.15) is 0 Å². The first-order chi connectivity index (χ1) is 11.8. The molecule has 0 fully saturated rings. The fraction of sp³-hybridized carbons (Fsp3) is 0.524. The van der Waals surface area contributed by atoms with Gasteiger partial charge in [-0.25, -0.2) is 0 Å². The Kier molecular flexibility index (Phi) is 6.04. The molecule has 1 unspecified atom stereocenters. The molecule has 0 spiro atoms. The highest BCUT2D eigenvalue weighted by atomic mass is 16.5. The number of rotatable bonds is 5. The van der Waals surface area contributed by atoms with Gasteiger partial charge in [-0.15, -0.1) is 0 Å². The highest BCUT2D eigenvalue weighted by Gasteiger charge is 2.26. The smallest absolute Gasteiger partial charge is 0.229 e. The van der Waals surface area contributed by atoms with Crippen LogP contribution in [0.2, 0.25) is 0 Å². The molecule has 0 radical (unpaired) electrons. The van der Waals surface area contributed by atoms with Gasteiger partial charge in [0.05, 0.1) is 6.61 Å². The van der Waals surface area contributed by atoms with E-state index in [-0.39, 0.29) is 17.6 Å². The Bertz CT molecular complexity index is 718. The Labute approximate surface area is 150 Å². The number of fused-ring (bicyclic) bond motifs is 1. The van der Waals surface area contributed by atoms with Crippen molar-refractivity contribution in [3.8, 4) is 5.75 Å². The molecule has 0 aromatic heterocycles. The lowest BCUT2D eigenvalue weighted by atomic mass is 9.91. The van der Waals surface area contributed by atoms with Gasteiger partial charge in [0, 0.05) is 29.8 Å². The molecule has 1 aliphatic rings. The summed E-state index contributed by atoms with van der Waals surface area (Å²) in [7, 11) is 1.74. The summed E-state index contributed by atoms with van der Waals surface area (Å²) >= 11 is 0. The number of hydrogen-bond donors (Lipinski definition) is 0. The van der Waals surface area contributed by atoms with Crippen LogP contribution in [0, 0.1) is 12.8 Å². The topological polar surface area (TPSA) is 46.6 Å². The van der Waals surface area contributed by atoms with Gasteiger partial charge in [0.25, 0.3) is 0 Å². The van der Waals surface area contributed by atoms with Crippen LogP contribution in [-0.2, 0) is 16.0 Å². The van der Waals surface area contributed by atoms with Crippen LogP contribution in [-0.4, -0.2) is 30.2 Å². The molecule has 1 aromatic rings. The van der Waals surface area contributed by atoms with Crippen LogP contribution in [0.15, 0.2) is 17.8 Å². The summed E-state index contributed by atoms with van der Waals surface area (Å²) in [6, 6.07) is 3.98.